The van der Waals surface area contributed by atoms with Crippen molar-refractivity contribution in [2.24, 2.45) is 0 Å². The predicted octanol–water partition coefficient (Wildman–Crippen LogP) is 3.19. The highest BCUT2D eigenvalue weighted by atomic mass is 16.5. The zero-order valence-corrected chi connectivity index (χ0v) is 13.9. The fraction of sp³-hybridized carbons (Fsp3) is 0.438. The molecular weight excluding hydrogens is 300 g/mol. The maximum Gasteiger partial charge on any atom is 0.343 e. The molecule has 3 N–H and O–H groups in total. The second-order valence-electron chi connectivity index (χ2n) is 6.24. The summed E-state index contributed by atoms with van der Waals surface area (Å²) < 4.78 is 9.73. The van der Waals surface area contributed by atoms with Gasteiger partial charge in [-0.2, -0.15) is 0 Å². The van der Waals surface area contributed by atoms with Crippen molar-refractivity contribution < 1.29 is 23.8 Å². The first-order valence-electron chi connectivity index (χ1n) is 7.09. The molecule has 0 atom stereocenters. The maximum absolute atomic E-state index is 10.9. The van der Waals surface area contributed by atoms with E-state index in [1.165, 1.54) is 0 Å². The van der Waals surface area contributed by atoms with Gasteiger partial charge in [0, 0.05) is 6.20 Å². The summed E-state index contributed by atoms with van der Waals surface area (Å²) in [6.45, 7) is 9.96. The topological polar surface area (TPSA) is 116 Å². The number of nitrogen functional groups attached to an aromatic ring is 1. The Hall–Kier alpha value is -2.57. The van der Waals surface area contributed by atoms with Crippen molar-refractivity contribution in [3.63, 3.8) is 0 Å². The molecule has 0 unspecified atom stereocenters. The molecule has 2 aromatic rings. The van der Waals surface area contributed by atoms with E-state index in [2.05, 4.69) is 9.72 Å². The van der Waals surface area contributed by atoms with Crippen LogP contribution < -0.4 is 5.73 Å². The number of carbonyl (C=O) groups excluding carboxylic acids is 1. The van der Waals surface area contributed by atoms with Gasteiger partial charge < -0.3 is 20.0 Å². The molecule has 0 aliphatic rings. The van der Waals surface area contributed by atoms with Gasteiger partial charge in [-0.3, -0.25) is 9.78 Å². The molecule has 126 valence electrons. The summed E-state index contributed by atoms with van der Waals surface area (Å²) >= 11 is 0. The van der Waals surface area contributed by atoms with Crippen molar-refractivity contribution in [2.75, 3.05) is 5.73 Å². The van der Waals surface area contributed by atoms with Crippen LogP contribution in [0, 0.1) is 0 Å². The molecule has 0 radical (unpaired) electrons. The van der Waals surface area contributed by atoms with Gasteiger partial charge in [0.2, 0.25) is 5.88 Å². The summed E-state index contributed by atoms with van der Waals surface area (Å²) in [5.41, 5.74) is 6.81. The zero-order chi connectivity index (χ0) is 17.8. The summed E-state index contributed by atoms with van der Waals surface area (Å²) in [7, 11) is 0. The van der Waals surface area contributed by atoms with Crippen molar-refractivity contribution in [2.45, 2.75) is 46.1 Å². The Kier molecular flexibility index (Phi) is 5.73. The molecule has 0 saturated carbocycles. The number of rotatable bonds is 3. The van der Waals surface area contributed by atoms with Crippen LogP contribution in [0.3, 0.4) is 0 Å². The lowest BCUT2D eigenvalue weighted by Crippen LogP contribution is -2.17. The standard InChI is InChI=1S/C11H12N2O3.C5H10O2/c1-5(2)6-3-7-9(13-4-6)8(11(14)15)10(12)16-7;1-5(2,3)7-4-6/h3-5H,12H2,1-2H3,(H,14,15);4H,1-3H3. The second kappa shape index (κ2) is 7.13. The van der Waals surface area contributed by atoms with E-state index in [0.29, 0.717) is 23.5 Å². The van der Waals surface area contributed by atoms with Gasteiger partial charge in [0.1, 0.15) is 16.7 Å². The molecular formula is C16H22N2O5. The Morgan fingerprint density at radius 3 is 2.43 bits per heavy atom. The zero-order valence-electron chi connectivity index (χ0n) is 13.9. The first kappa shape index (κ1) is 18.5. The lowest BCUT2D eigenvalue weighted by Gasteiger charge is -2.14. The van der Waals surface area contributed by atoms with Gasteiger partial charge >= 0.3 is 5.97 Å². The number of hydrogen-bond donors (Lipinski definition) is 2. The van der Waals surface area contributed by atoms with Gasteiger partial charge in [-0.25, -0.2) is 4.79 Å². The fourth-order valence-electron chi connectivity index (χ4n) is 1.68. The first-order valence-corrected chi connectivity index (χ1v) is 7.09. The molecule has 0 fully saturated rings. The van der Waals surface area contributed by atoms with Gasteiger partial charge in [-0.05, 0) is 38.3 Å². The van der Waals surface area contributed by atoms with Crippen LogP contribution in [-0.4, -0.2) is 28.1 Å². The molecule has 0 bridgehead atoms. The van der Waals surface area contributed by atoms with E-state index in [9.17, 15) is 9.59 Å². The molecule has 23 heavy (non-hydrogen) atoms. The van der Waals surface area contributed by atoms with Crippen molar-refractivity contribution in [3.05, 3.63) is 23.4 Å². The van der Waals surface area contributed by atoms with Crippen LogP contribution in [0.15, 0.2) is 16.7 Å². The summed E-state index contributed by atoms with van der Waals surface area (Å²) in [6, 6.07) is 1.77. The monoisotopic (exact) mass is 322 g/mol. The second-order valence-corrected chi connectivity index (χ2v) is 6.24. The fourth-order valence-corrected chi connectivity index (χ4v) is 1.68. The lowest BCUT2D eigenvalue weighted by molar-refractivity contribution is -0.138. The molecule has 7 heteroatoms. The van der Waals surface area contributed by atoms with E-state index in [4.69, 9.17) is 15.3 Å². The highest BCUT2D eigenvalue weighted by Gasteiger charge is 2.20. The number of aromatic carboxylic acids is 1. The molecule has 0 spiro atoms. The molecule has 0 aromatic carbocycles. The van der Waals surface area contributed by atoms with Crippen molar-refractivity contribution in [1.82, 2.24) is 4.98 Å². The number of carboxylic acids is 1. The van der Waals surface area contributed by atoms with E-state index in [-0.39, 0.29) is 17.0 Å². The summed E-state index contributed by atoms with van der Waals surface area (Å²) in [5, 5.41) is 8.95. The molecule has 0 amide bonds. The molecule has 0 aliphatic heterocycles. The smallest absolute Gasteiger partial charge is 0.343 e. The molecule has 0 saturated heterocycles. The van der Waals surface area contributed by atoms with E-state index in [0.717, 1.165) is 5.56 Å². The largest absolute Gasteiger partial charge is 0.477 e. The Balaban J connectivity index is 0.000000322. The van der Waals surface area contributed by atoms with Crippen molar-refractivity contribution in [3.8, 4) is 0 Å². The quantitative estimate of drug-likeness (QED) is 0.833. The van der Waals surface area contributed by atoms with Crippen LogP contribution in [0.4, 0.5) is 5.88 Å². The number of pyridine rings is 1. The number of carbonyl (C=O) groups is 2. The number of fused-ring (bicyclic) bond motifs is 1. The number of hydrogen-bond acceptors (Lipinski definition) is 6. The Morgan fingerprint density at radius 2 is 2.04 bits per heavy atom. The Labute approximate surface area is 134 Å². The lowest BCUT2D eigenvalue weighted by atomic mass is 10.1. The third kappa shape index (κ3) is 4.98. The number of nitrogens with zero attached hydrogens (tertiary/aromatic N) is 1. The van der Waals surface area contributed by atoms with Gasteiger partial charge in [0.05, 0.1) is 0 Å². The molecule has 2 rings (SSSR count). The van der Waals surface area contributed by atoms with Crippen LogP contribution in [0.1, 0.15) is 56.5 Å². The maximum atomic E-state index is 10.9. The third-order valence-corrected chi connectivity index (χ3v) is 2.86. The average molecular weight is 322 g/mol. The molecule has 2 aromatic heterocycles. The van der Waals surface area contributed by atoms with Crippen molar-refractivity contribution >= 4 is 29.4 Å². The number of furan rings is 1. The molecule has 0 aliphatic carbocycles. The number of ether oxygens (including phenoxy) is 1. The highest BCUT2D eigenvalue weighted by Crippen LogP contribution is 2.28. The Bertz CT molecular complexity index is 698. The van der Waals surface area contributed by atoms with Gasteiger partial charge in [-0.15, -0.1) is 0 Å². The molecule has 2 heterocycles. The normalized spacial score (nSPS) is 11.0. The van der Waals surface area contributed by atoms with Crippen LogP contribution >= 0.6 is 0 Å². The van der Waals surface area contributed by atoms with Gasteiger partial charge in [0.25, 0.3) is 6.47 Å². The number of anilines is 1. The first-order chi connectivity index (χ1) is 10.6. The third-order valence-electron chi connectivity index (χ3n) is 2.86. The van der Waals surface area contributed by atoms with Crippen LogP contribution in [0.25, 0.3) is 11.1 Å². The van der Waals surface area contributed by atoms with E-state index in [1.807, 2.05) is 34.6 Å². The van der Waals surface area contributed by atoms with Crippen LogP contribution in [-0.2, 0) is 9.53 Å². The Morgan fingerprint density at radius 1 is 1.43 bits per heavy atom. The predicted molar refractivity (Wildman–Crippen MR) is 86.4 cm³/mol. The van der Waals surface area contributed by atoms with Gasteiger partial charge in [-0.1, -0.05) is 13.8 Å². The minimum atomic E-state index is -1.12. The van der Waals surface area contributed by atoms with E-state index in [1.54, 1.807) is 12.3 Å². The van der Waals surface area contributed by atoms with Gasteiger partial charge in [0.15, 0.2) is 5.58 Å². The minimum Gasteiger partial charge on any atom is -0.477 e. The number of aromatic nitrogens is 1. The highest BCUT2D eigenvalue weighted by molar-refractivity contribution is 6.05. The average Bonchev–Trinajstić information content (AvgIpc) is 2.72. The number of carboxylic acid groups (broad SMARTS) is 1. The number of nitrogens with two attached hydrogens (primary N) is 1. The molecule has 7 nitrogen and oxygen atoms in total. The summed E-state index contributed by atoms with van der Waals surface area (Å²) in [4.78, 5) is 24.6. The van der Waals surface area contributed by atoms with E-state index < -0.39 is 5.97 Å². The van der Waals surface area contributed by atoms with Crippen molar-refractivity contribution in [1.29, 1.82) is 0 Å². The van der Waals surface area contributed by atoms with Crippen LogP contribution in [0.2, 0.25) is 0 Å². The SMILES string of the molecule is CC(C)(C)OC=O.CC(C)c1cnc2c(C(=O)O)c(N)oc2c1. The minimum absolute atomic E-state index is 0.0645. The summed E-state index contributed by atoms with van der Waals surface area (Å²) in [5.74, 6) is -0.923. The summed E-state index contributed by atoms with van der Waals surface area (Å²) in [6.07, 6.45) is 1.65. The van der Waals surface area contributed by atoms with E-state index >= 15 is 0 Å². The van der Waals surface area contributed by atoms with Crippen LogP contribution in [0.5, 0.6) is 0 Å².